The average molecular weight is 271 g/mol. The molecule has 0 unspecified atom stereocenters. The lowest BCUT2D eigenvalue weighted by Crippen LogP contribution is -2.13. The third-order valence-corrected chi connectivity index (χ3v) is 3.89. The van der Waals surface area contributed by atoms with E-state index in [2.05, 4.69) is 22.1 Å². The van der Waals surface area contributed by atoms with Crippen LogP contribution < -0.4 is 5.32 Å². The summed E-state index contributed by atoms with van der Waals surface area (Å²) in [5.74, 6) is 1.17. The third-order valence-electron chi connectivity index (χ3n) is 1.69. The molecule has 1 rings (SSSR count). The second-order valence-corrected chi connectivity index (χ2v) is 6.47. The number of nitrogens with one attached hydrogen (secondary N) is 1. The Bertz CT molecular complexity index is 401. The number of hydrogen-bond acceptors (Lipinski definition) is 5. The lowest BCUT2D eigenvalue weighted by Gasteiger charge is -2.02. The van der Waals surface area contributed by atoms with Gasteiger partial charge in [-0.3, -0.25) is 4.79 Å². The van der Waals surface area contributed by atoms with Gasteiger partial charge in [-0.15, -0.1) is 10.2 Å². The molecule has 0 bridgehead atoms. The Morgan fingerprint density at radius 1 is 1.53 bits per heavy atom. The van der Waals surface area contributed by atoms with Gasteiger partial charge in [0.2, 0.25) is 11.0 Å². The Morgan fingerprint density at radius 3 is 2.82 bits per heavy atom. The van der Waals surface area contributed by atoms with E-state index in [1.165, 1.54) is 11.3 Å². The van der Waals surface area contributed by atoms with Crippen LogP contribution in [0.4, 0.5) is 5.13 Å². The van der Waals surface area contributed by atoms with Crippen molar-refractivity contribution in [2.45, 2.75) is 31.5 Å². The molecule has 0 saturated carbocycles. The molecule has 1 heterocycles. The zero-order valence-corrected chi connectivity index (χ0v) is 12.0. The molecular weight excluding hydrogens is 254 g/mol. The number of hydrogen-bond donors (Lipinski definition) is 1. The van der Waals surface area contributed by atoms with Crippen LogP contribution in [0.15, 0.2) is 16.5 Å². The zero-order valence-electron chi connectivity index (χ0n) is 10.3. The van der Waals surface area contributed by atoms with Crippen molar-refractivity contribution in [2.75, 3.05) is 11.1 Å². The zero-order chi connectivity index (χ0) is 12.8. The predicted molar refractivity (Wildman–Crippen MR) is 73.5 cm³/mol. The van der Waals surface area contributed by atoms with E-state index in [9.17, 15) is 4.79 Å². The Labute approximate surface area is 110 Å². The summed E-state index contributed by atoms with van der Waals surface area (Å²) in [6, 6.07) is 0. The number of carbonyl (C=O) groups is 1. The second kappa shape index (κ2) is 6.76. The van der Waals surface area contributed by atoms with E-state index in [0.29, 0.717) is 17.5 Å². The number of anilines is 1. The fourth-order valence-electron chi connectivity index (χ4n) is 1.04. The molecule has 17 heavy (non-hydrogen) atoms. The molecule has 0 aliphatic heterocycles. The first-order valence-electron chi connectivity index (χ1n) is 5.38. The number of rotatable bonds is 6. The smallest absolute Gasteiger partial charge is 0.226 e. The number of nitrogens with zero attached hydrogens (tertiary/aromatic N) is 2. The van der Waals surface area contributed by atoms with Crippen molar-refractivity contribution in [2.24, 2.45) is 5.92 Å². The highest BCUT2D eigenvalue weighted by Crippen LogP contribution is 2.26. The summed E-state index contributed by atoms with van der Waals surface area (Å²) in [7, 11) is 0. The van der Waals surface area contributed by atoms with Gasteiger partial charge in [0.15, 0.2) is 4.34 Å². The molecule has 1 N–H and O–H groups in total. The van der Waals surface area contributed by atoms with Crippen LogP contribution in [0.1, 0.15) is 27.2 Å². The first-order chi connectivity index (χ1) is 7.97. The van der Waals surface area contributed by atoms with Crippen LogP contribution in [0.2, 0.25) is 0 Å². The summed E-state index contributed by atoms with van der Waals surface area (Å²) in [4.78, 5) is 11.5. The van der Waals surface area contributed by atoms with Gasteiger partial charge in [-0.2, -0.15) is 0 Å². The number of aromatic nitrogens is 2. The highest BCUT2D eigenvalue weighted by Gasteiger charge is 2.09. The minimum atomic E-state index is -0.00685. The molecule has 0 radical (unpaired) electrons. The van der Waals surface area contributed by atoms with Crippen molar-refractivity contribution in [1.82, 2.24) is 10.2 Å². The third kappa shape index (κ3) is 5.83. The molecular formula is C11H17N3OS2. The monoisotopic (exact) mass is 271 g/mol. The summed E-state index contributed by atoms with van der Waals surface area (Å²) in [6.45, 7) is 9.81. The van der Waals surface area contributed by atoms with Gasteiger partial charge in [0.25, 0.3) is 0 Å². The van der Waals surface area contributed by atoms with Crippen molar-refractivity contribution in [3.05, 3.63) is 12.2 Å². The van der Waals surface area contributed by atoms with Crippen LogP contribution in [-0.4, -0.2) is 21.9 Å². The van der Waals surface area contributed by atoms with Crippen molar-refractivity contribution in [3.63, 3.8) is 0 Å². The highest BCUT2D eigenvalue weighted by molar-refractivity contribution is 8.01. The predicted octanol–water partition coefficient (Wildman–Crippen LogP) is 3.19. The van der Waals surface area contributed by atoms with E-state index in [1.807, 2.05) is 20.8 Å². The molecule has 0 aliphatic carbocycles. The minimum Gasteiger partial charge on any atom is -0.300 e. The van der Waals surface area contributed by atoms with Gasteiger partial charge < -0.3 is 5.32 Å². The quantitative estimate of drug-likeness (QED) is 0.490. The summed E-state index contributed by atoms with van der Waals surface area (Å²) in [5.41, 5.74) is 1.09. The normalized spacial score (nSPS) is 10.6. The maximum Gasteiger partial charge on any atom is 0.226 e. The summed E-state index contributed by atoms with van der Waals surface area (Å²) in [6.07, 6.45) is 0.508. The maximum absolute atomic E-state index is 11.5. The SMILES string of the molecule is C=C(C)CSc1nnc(NC(=O)CC(C)C)s1. The van der Waals surface area contributed by atoms with E-state index >= 15 is 0 Å². The maximum atomic E-state index is 11.5. The number of amides is 1. The molecule has 1 aromatic heterocycles. The van der Waals surface area contributed by atoms with Gasteiger partial charge >= 0.3 is 0 Å². The van der Waals surface area contributed by atoms with Crippen molar-refractivity contribution in [1.29, 1.82) is 0 Å². The standard InChI is InChI=1S/C11H17N3OS2/c1-7(2)5-9(15)12-10-13-14-11(17-10)16-6-8(3)4/h7H,3,5-6H2,1-2,4H3,(H,12,13,15). The van der Waals surface area contributed by atoms with Gasteiger partial charge in [0, 0.05) is 12.2 Å². The fourth-order valence-corrected chi connectivity index (χ4v) is 2.66. The Kier molecular flexibility index (Phi) is 5.64. The Balaban J connectivity index is 2.45. The lowest BCUT2D eigenvalue weighted by molar-refractivity contribution is -0.116. The lowest BCUT2D eigenvalue weighted by atomic mass is 10.1. The molecule has 4 nitrogen and oxygen atoms in total. The molecule has 0 aromatic carbocycles. The molecule has 0 atom stereocenters. The molecule has 94 valence electrons. The van der Waals surface area contributed by atoms with Gasteiger partial charge in [-0.25, -0.2) is 0 Å². The van der Waals surface area contributed by atoms with Crippen molar-refractivity contribution in [3.8, 4) is 0 Å². The van der Waals surface area contributed by atoms with E-state index in [-0.39, 0.29) is 5.91 Å². The van der Waals surface area contributed by atoms with Crippen LogP contribution in [0.25, 0.3) is 0 Å². The molecule has 6 heteroatoms. The van der Waals surface area contributed by atoms with E-state index < -0.39 is 0 Å². The molecule has 0 aliphatic rings. The largest absolute Gasteiger partial charge is 0.300 e. The van der Waals surface area contributed by atoms with E-state index in [4.69, 9.17) is 0 Å². The fraction of sp³-hybridized carbons (Fsp3) is 0.545. The van der Waals surface area contributed by atoms with Crippen LogP contribution in [0.3, 0.4) is 0 Å². The molecule has 1 amide bonds. The Morgan fingerprint density at radius 2 is 2.24 bits per heavy atom. The summed E-state index contributed by atoms with van der Waals surface area (Å²) < 4.78 is 0.854. The van der Waals surface area contributed by atoms with Crippen LogP contribution in [-0.2, 0) is 4.79 Å². The van der Waals surface area contributed by atoms with Gasteiger partial charge in [-0.05, 0) is 12.8 Å². The van der Waals surface area contributed by atoms with Crippen LogP contribution in [0, 0.1) is 5.92 Å². The van der Waals surface area contributed by atoms with Crippen molar-refractivity contribution < 1.29 is 4.79 Å². The van der Waals surface area contributed by atoms with Crippen LogP contribution >= 0.6 is 23.1 Å². The second-order valence-electron chi connectivity index (χ2n) is 4.27. The minimum absolute atomic E-state index is 0.00685. The Hall–Kier alpha value is -0.880. The van der Waals surface area contributed by atoms with E-state index in [1.54, 1.807) is 11.8 Å². The molecule has 1 aromatic rings. The van der Waals surface area contributed by atoms with Gasteiger partial charge in [0.1, 0.15) is 0 Å². The first-order valence-corrected chi connectivity index (χ1v) is 7.18. The average Bonchev–Trinajstić information content (AvgIpc) is 2.61. The molecule has 0 saturated heterocycles. The summed E-state index contributed by atoms with van der Waals surface area (Å²) in [5, 5.41) is 11.2. The highest BCUT2D eigenvalue weighted by atomic mass is 32.2. The van der Waals surface area contributed by atoms with Gasteiger partial charge in [-0.1, -0.05) is 49.1 Å². The van der Waals surface area contributed by atoms with Crippen molar-refractivity contribution >= 4 is 34.1 Å². The first kappa shape index (κ1) is 14.2. The number of thioether (sulfide) groups is 1. The van der Waals surface area contributed by atoms with E-state index in [0.717, 1.165) is 15.7 Å². The summed E-state index contributed by atoms with van der Waals surface area (Å²) >= 11 is 2.98. The molecule has 0 spiro atoms. The van der Waals surface area contributed by atoms with Gasteiger partial charge in [0.05, 0.1) is 0 Å². The molecule has 0 fully saturated rings. The number of carbonyl (C=O) groups excluding carboxylic acids is 1. The topological polar surface area (TPSA) is 54.9 Å². The van der Waals surface area contributed by atoms with Crippen LogP contribution in [0.5, 0.6) is 0 Å².